The van der Waals surface area contributed by atoms with Gasteiger partial charge in [0.1, 0.15) is 6.07 Å². The second-order valence-corrected chi connectivity index (χ2v) is 5.57. The lowest BCUT2D eigenvalue weighted by Crippen LogP contribution is -2.24. The van der Waals surface area contributed by atoms with Crippen LogP contribution in [0.15, 0.2) is 18.2 Å². The molecule has 0 amide bonds. The van der Waals surface area contributed by atoms with Gasteiger partial charge in [0.25, 0.3) is 0 Å². The summed E-state index contributed by atoms with van der Waals surface area (Å²) in [6, 6.07) is 8.57. The molecule has 1 N–H and O–H groups in total. The van der Waals surface area contributed by atoms with E-state index in [1.807, 2.05) is 6.07 Å². The van der Waals surface area contributed by atoms with Crippen LogP contribution in [-0.2, 0) is 6.54 Å². The molecule has 110 valence electrons. The molecule has 0 spiro atoms. The fourth-order valence-electron chi connectivity index (χ4n) is 2.28. The molecule has 3 heteroatoms. The Hall–Kier alpha value is -1.53. The lowest BCUT2D eigenvalue weighted by Gasteiger charge is -2.24. The molecular weight excluding hydrogens is 246 g/mol. The molecule has 1 aromatic rings. The first-order valence-electron chi connectivity index (χ1n) is 7.61. The second kappa shape index (κ2) is 8.60. The fourth-order valence-corrected chi connectivity index (χ4v) is 2.28. The van der Waals surface area contributed by atoms with Crippen LogP contribution in [-0.4, -0.2) is 19.6 Å². The van der Waals surface area contributed by atoms with Crippen LogP contribution in [0.1, 0.15) is 45.2 Å². The van der Waals surface area contributed by atoms with E-state index in [9.17, 15) is 5.26 Å². The molecule has 0 aromatic heterocycles. The van der Waals surface area contributed by atoms with Gasteiger partial charge in [0.2, 0.25) is 0 Å². The van der Waals surface area contributed by atoms with Gasteiger partial charge in [-0.15, -0.1) is 0 Å². The topological polar surface area (TPSA) is 39.1 Å². The lowest BCUT2D eigenvalue weighted by molar-refractivity contribution is 0.552. The van der Waals surface area contributed by atoms with E-state index in [0.717, 1.165) is 43.9 Å². The zero-order valence-electron chi connectivity index (χ0n) is 13.2. The molecule has 0 unspecified atom stereocenters. The Morgan fingerprint density at radius 1 is 1.30 bits per heavy atom. The largest absolute Gasteiger partial charge is 0.371 e. The highest BCUT2D eigenvalue weighted by Crippen LogP contribution is 2.21. The molecule has 0 aliphatic heterocycles. The summed E-state index contributed by atoms with van der Waals surface area (Å²) in [4.78, 5) is 2.27. The third-order valence-electron chi connectivity index (χ3n) is 3.28. The van der Waals surface area contributed by atoms with Crippen LogP contribution in [0.25, 0.3) is 0 Å². The van der Waals surface area contributed by atoms with Gasteiger partial charge in [-0.1, -0.05) is 26.8 Å². The van der Waals surface area contributed by atoms with Gasteiger partial charge in [0.15, 0.2) is 0 Å². The van der Waals surface area contributed by atoms with Crippen molar-refractivity contribution in [2.75, 3.05) is 24.5 Å². The van der Waals surface area contributed by atoms with Crippen molar-refractivity contribution in [3.8, 4) is 6.07 Å². The third-order valence-corrected chi connectivity index (χ3v) is 3.28. The van der Waals surface area contributed by atoms with Gasteiger partial charge >= 0.3 is 0 Å². The zero-order chi connectivity index (χ0) is 15.0. The predicted octanol–water partition coefficient (Wildman–Crippen LogP) is 3.54. The first-order valence-corrected chi connectivity index (χ1v) is 7.61. The summed E-state index contributed by atoms with van der Waals surface area (Å²) in [7, 11) is 0. The second-order valence-electron chi connectivity index (χ2n) is 5.57. The normalized spacial score (nSPS) is 10.6. The Morgan fingerprint density at radius 3 is 2.60 bits per heavy atom. The highest BCUT2D eigenvalue weighted by molar-refractivity contribution is 5.60. The summed E-state index contributed by atoms with van der Waals surface area (Å²) >= 11 is 0. The van der Waals surface area contributed by atoms with Crippen molar-refractivity contribution in [1.82, 2.24) is 5.32 Å². The molecule has 1 aromatic carbocycles. The van der Waals surface area contributed by atoms with Crippen LogP contribution in [0.3, 0.4) is 0 Å². The van der Waals surface area contributed by atoms with Crippen LogP contribution in [0.4, 0.5) is 5.69 Å². The maximum atomic E-state index is 9.37. The molecule has 0 heterocycles. The molecule has 0 saturated heterocycles. The van der Waals surface area contributed by atoms with Crippen molar-refractivity contribution in [3.05, 3.63) is 29.3 Å². The molecule has 0 bridgehead atoms. The molecule has 0 aliphatic rings. The van der Waals surface area contributed by atoms with Crippen LogP contribution in [0, 0.1) is 17.2 Å². The molecule has 1 rings (SSSR count). The van der Waals surface area contributed by atoms with E-state index < -0.39 is 0 Å². The summed E-state index contributed by atoms with van der Waals surface area (Å²) < 4.78 is 0. The first kappa shape index (κ1) is 16.5. The SMILES string of the molecule is CCCN(CC)c1ccc(CNCC(C)C)cc1C#N. The Labute approximate surface area is 123 Å². The van der Waals surface area contributed by atoms with Crippen LogP contribution < -0.4 is 10.2 Å². The van der Waals surface area contributed by atoms with Gasteiger partial charge in [-0.05, 0) is 43.5 Å². The Bertz CT molecular complexity index is 446. The predicted molar refractivity (Wildman–Crippen MR) is 85.9 cm³/mol. The van der Waals surface area contributed by atoms with Crippen molar-refractivity contribution >= 4 is 5.69 Å². The number of anilines is 1. The van der Waals surface area contributed by atoms with E-state index in [0.29, 0.717) is 5.92 Å². The molecule has 0 atom stereocenters. The summed E-state index contributed by atoms with van der Waals surface area (Å²) in [5, 5.41) is 12.8. The molecule has 3 nitrogen and oxygen atoms in total. The van der Waals surface area contributed by atoms with Gasteiger partial charge in [0.05, 0.1) is 11.3 Å². The minimum Gasteiger partial charge on any atom is -0.371 e. The molecule has 0 radical (unpaired) electrons. The minimum absolute atomic E-state index is 0.643. The lowest BCUT2D eigenvalue weighted by atomic mass is 10.1. The molecule has 20 heavy (non-hydrogen) atoms. The van der Waals surface area contributed by atoms with Gasteiger partial charge < -0.3 is 10.2 Å². The Morgan fingerprint density at radius 2 is 2.05 bits per heavy atom. The average molecular weight is 273 g/mol. The summed E-state index contributed by atoms with van der Waals surface area (Å²) in [5.74, 6) is 0.643. The Balaban J connectivity index is 2.82. The number of nitrogens with one attached hydrogen (secondary N) is 1. The van der Waals surface area contributed by atoms with Crippen molar-refractivity contribution in [2.45, 2.75) is 40.7 Å². The van der Waals surface area contributed by atoms with Crippen molar-refractivity contribution < 1.29 is 0 Å². The Kier molecular flexibility index (Phi) is 7.11. The van der Waals surface area contributed by atoms with Crippen molar-refractivity contribution in [2.24, 2.45) is 5.92 Å². The van der Waals surface area contributed by atoms with Crippen molar-refractivity contribution in [3.63, 3.8) is 0 Å². The number of benzene rings is 1. The highest BCUT2D eigenvalue weighted by atomic mass is 15.1. The van der Waals surface area contributed by atoms with Gasteiger partial charge in [-0.3, -0.25) is 0 Å². The third kappa shape index (κ3) is 4.86. The van der Waals surface area contributed by atoms with E-state index in [2.05, 4.69) is 56.1 Å². The van der Waals surface area contributed by atoms with E-state index >= 15 is 0 Å². The van der Waals surface area contributed by atoms with E-state index in [1.54, 1.807) is 0 Å². The summed E-state index contributed by atoms with van der Waals surface area (Å²) in [5.41, 5.74) is 3.02. The molecular formula is C17H27N3. The van der Waals surface area contributed by atoms with Gasteiger partial charge in [-0.2, -0.15) is 5.26 Å². The summed E-state index contributed by atoms with van der Waals surface area (Å²) in [6.07, 6.45) is 1.09. The molecule has 0 aliphatic carbocycles. The fraction of sp³-hybridized carbons (Fsp3) is 0.588. The monoisotopic (exact) mass is 273 g/mol. The van der Waals surface area contributed by atoms with Gasteiger partial charge in [-0.25, -0.2) is 0 Å². The van der Waals surface area contributed by atoms with Crippen LogP contribution in [0.2, 0.25) is 0 Å². The van der Waals surface area contributed by atoms with E-state index in [1.165, 1.54) is 5.56 Å². The number of rotatable bonds is 8. The average Bonchev–Trinajstić information content (AvgIpc) is 2.44. The van der Waals surface area contributed by atoms with Gasteiger partial charge in [0, 0.05) is 19.6 Å². The molecule has 0 fully saturated rings. The maximum absolute atomic E-state index is 9.37. The van der Waals surface area contributed by atoms with Crippen LogP contribution >= 0.6 is 0 Å². The quantitative estimate of drug-likeness (QED) is 0.787. The summed E-state index contributed by atoms with van der Waals surface area (Å²) in [6.45, 7) is 12.5. The van der Waals surface area contributed by atoms with Crippen LogP contribution in [0.5, 0.6) is 0 Å². The number of hydrogen-bond donors (Lipinski definition) is 1. The zero-order valence-corrected chi connectivity index (χ0v) is 13.2. The molecule has 0 saturated carbocycles. The smallest absolute Gasteiger partial charge is 0.101 e. The standard InChI is InChI=1S/C17H27N3/c1-5-9-20(6-2)17-8-7-15(10-16(17)11-18)13-19-12-14(3)4/h7-8,10,14,19H,5-6,9,12-13H2,1-4H3. The van der Waals surface area contributed by atoms with Crippen molar-refractivity contribution in [1.29, 1.82) is 5.26 Å². The maximum Gasteiger partial charge on any atom is 0.101 e. The van der Waals surface area contributed by atoms with E-state index in [-0.39, 0.29) is 0 Å². The number of nitriles is 1. The number of nitrogens with zero attached hydrogens (tertiary/aromatic N) is 2. The van der Waals surface area contributed by atoms with E-state index in [4.69, 9.17) is 0 Å². The first-order chi connectivity index (χ1) is 9.62. The minimum atomic E-state index is 0.643. The highest BCUT2D eigenvalue weighted by Gasteiger charge is 2.09. The number of hydrogen-bond acceptors (Lipinski definition) is 3.